The highest BCUT2D eigenvalue weighted by Crippen LogP contribution is 2.46. The Bertz CT molecular complexity index is 2130. The van der Waals surface area contributed by atoms with Crippen molar-refractivity contribution in [1.82, 2.24) is 14.7 Å². The van der Waals surface area contributed by atoms with Crippen molar-refractivity contribution in [2.24, 2.45) is 4.99 Å². The van der Waals surface area contributed by atoms with Gasteiger partial charge >= 0.3 is 6.09 Å². The average molecular weight is 750 g/mol. The molecular weight excluding hydrogens is 706 g/mol. The number of hydrogen-bond donors (Lipinski definition) is 0. The zero-order chi connectivity index (χ0) is 37.3. The van der Waals surface area contributed by atoms with Gasteiger partial charge in [-0.15, -0.1) is 11.6 Å². The summed E-state index contributed by atoms with van der Waals surface area (Å²) >= 11 is 6.53. The van der Waals surface area contributed by atoms with E-state index in [2.05, 4.69) is 9.89 Å². The van der Waals surface area contributed by atoms with Crippen LogP contribution in [0, 0.1) is 0 Å². The average Bonchev–Trinajstić information content (AvgIpc) is 3.52. The first-order valence-electron chi connectivity index (χ1n) is 18.7. The van der Waals surface area contributed by atoms with E-state index in [1.54, 1.807) is 29.0 Å². The van der Waals surface area contributed by atoms with E-state index in [0.29, 0.717) is 54.0 Å². The van der Waals surface area contributed by atoms with Gasteiger partial charge in [0.1, 0.15) is 12.4 Å². The molecule has 0 N–H and O–H groups in total. The van der Waals surface area contributed by atoms with Crippen molar-refractivity contribution in [2.75, 3.05) is 64.2 Å². The number of nitrogens with zero attached hydrogens (tertiary/aromatic N) is 5. The maximum absolute atomic E-state index is 14.1. The van der Waals surface area contributed by atoms with Crippen LogP contribution in [0.15, 0.2) is 71.7 Å². The van der Waals surface area contributed by atoms with Gasteiger partial charge in [-0.25, -0.2) is 4.79 Å². The minimum Gasteiger partial charge on any atom is -0.493 e. The van der Waals surface area contributed by atoms with Crippen molar-refractivity contribution in [2.45, 2.75) is 44.2 Å². The maximum atomic E-state index is 14.1. The summed E-state index contributed by atoms with van der Waals surface area (Å²) in [5.41, 5.74) is 4.49. The molecule has 4 heterocycles. The monoisotopic (exact) mass is 749 g/mol. The summed E-state index contributed by atoms with van der Waals surface area (Å²) in [5, 5.41) is 1.74. The van der Waals surface area contributed by atoms with E-state index in [9.17, 15) is 14.4 Å². The molecule has 280 valence electrons. The number of hydrogen-bond acceptors (Lipinski definition) is 8. The number of piperidine rings is 1. The number of carbonyl (C=O) groups excluding carboxylic acids is 3. The van der Waals surface area contributed by atoms with Gasteiger partial charge in [0.15, 0.2) is 11.5 Å². The highest BCUT2D eigenvalue weighted by Gasteiger charge is 2.36. The molecule has 54 heavy (non-hydrogen) atoms. The molecule has 2 saturated heterocycles. The first-order valence-corrected chi connectivity index (χ1v) is 19.2. The Balaban J connectivity index is 1.00. The fourth-order valence-corrected chi connectivity index (χ4v) is 8.30. The first-order chi connectivity index (χ1) is 26.3. The van der Waals surface area contributed by atoms with E-state index in [-0.39, 0.29) is 36.8 Å². The van der Waals surface area contributed by atoms with Gasteiger partial charge in [0.25, 0.3) is 5.91 Å². The number of benzene rings is 4. The van der Waals surface area contributed by atoms with Crippen LogP contribution in [0.4, 0.5) is 16.2 Å². The Hall–Kier alpha value is -5.13. The van der Waals surface area contributed by atoms with Gasteiger partial charge in [0, 0.05) is 74.8 Å². The number of likely N-dealkylation sites (N-methyl/N-ethyl adjacent to an activating group) is 1. The van der Waals surface area contributed by atoms with Crippen molar-refractivity contribution >= 4 is 57.9 Å². The van der Waals surface area contributed by atoms with Crippen LogP contribution < -0.4 is 19.1 Å². The van der Waals surface area contributed by atoms with Gasteiger partial charge in [0.05, 0.1) is 36.5 Å². The lowest BCUT2D eigenvalue weighted by atomic mass is 9.95. The predicted octanol–water partition coefficient (Wildman–Crippen LogP) is 6.80. The third kappa shape index (κ3) is 6.98. The molecular formula is C42H44ClN5O6. The zero-order valence-corrected chi connectivity index (χ0v) is 31.4. The molecule has 0 aliphatic carbocycles. The minimum atomic E-state index is -0.391. The molecule has 4 aliphatic rings. The van der Waals surface area contributed by atoms with E-state index in [1.165, 1.54) is 0 Å². The second-order valence-corrected chi connectivity index (χ2v) is 14.8. The van der Waals surface area contributed by atoms with Gasteiger partial charge in [-0.2, -0.15) is 0 Å². The Kier molecular flexibility index (Phi) is 10.2. The van der Waals surface area contributed by atoms with Crippen LogP contribution >= 0.6 is 11.6 Å². The highest BCUT2D eigenvalue weighted by atomic mass is 35.5. The summed E-state index contributed by atoms with van der Waals surface area (Å²) in [7, 11) is 3.60. The van der Waals surface area contributed by atoms with Crippen LogP contribution in [0.1, 0.15) is 52.2 Å². The molecule has 0 aromatic heterocycles. The van der Waals surface area contributed by atoms with Crippen LogP contribution in [0.5, 0.6) is 17.2 Å². The number of alkyl halides is 1. The molecule has 3 amide bonds. The lowest BCUT2D eigenvalue weighted by Crippen LogP contribution is -2.48. The van der Waals surface area contributed by atoms with E-state index >= 15 is 0 Å². The van der Waals surface area contributed by atoms with Crippen LogP contribution in [-0.4, -0.2) is 104 Å². The number of anilines is 1. The molecule has 2 fully saturated rings. The lowest BCUT2D eigenvalue weighted by Gasteiger charge is -2.32. The predicted molar refractivity (Wildman–Crippen MR) is 209 cm³/mol. The molecule has 0 spiro atoms. The Morgan fingerprint density at radius 3 is 2.48 bits per heavy atom. The van der Waals surface area contributed by atoms with Gasteiger partial charge in [0.2, 0.25) is 5.91 Å². The SMILES string of the molecule is COc1cc2c(cc1OCc1cccc(CC(=O)N3C[C@@H](CCl)c4c3cc(OC(=O)N3CCN(C)CC3)c3ccccc43)c1)N=CC1CCCCN1C2=O. The molecule has 0 radical (unpaired) electrons. The minimum absolute atomic E-state index is 0.000393. The molecule has 4 aliphatic heterocycles. The van der Waals surface area contributed by atoms with E-state index in [1.807, 2.05) is 72.8 Å². The number of aliphatic imine (C=N–C) groups is 1. The Morgan fingerprint density at radius 1 is 0.889 bits per heavy atom. The lowest BCUT2D eigenvalue weighted by molar-refractivity contribution is -0.117. The highest BCUT2D eigenvalue weighted by molar-refractivity contribution is 6.19. The summed E-state index contributed by atoms with van der Waals surface area (Å²) in [6.07, 6.45) is 4.61. The summed E-state index contributed by atoms with van der Waals surface area (Å²) in [5.74, 6) is 1.53. The number of fused-ring (bicyclic) bond motifs is 5. The van der Waals surface area contributed by atoms with Crippen molar-refractivity contribution in [3.05, 3.63) is 89.0 Å². The fourth-order valence-electron chi connectivity index (χ4n) is 8.05. The smallest absolute Gasteiger partial charge is 0.415 e. The number of methoxy groups -OCH3 is 1. The number of rotatable bonds is 8. The van der Waals surface area contributed by atoms with Crippen molar-refractivity contribution < 1.29 is 28.6 Å². The molecule has 4 aromatic carbocycles. The van der Waals surface area contributed by atoms with Crippen LogP contribution in [0.25, 0.3) is 10.8 Å². The number of carbonyl (C=O) groups is 3. The molecule has 0 saturated carbocycles. The molecule has 4 aromatic rings. The standard InChI is InChI=1S/C42H44ClN5O6/c1-45-14-16-46(17-15-45)42(51)54-36-22-35-40(32-12-4-3-11-31(32)36)29(23-43)25-48(35)39(49)19-27-8-7-9-28(18-27)26-53-38-21-34-33(20-37(38)52-2)41(50)47-13-6-5-10-30(47)24-44-34/h3-4,7-9,11-12,18,20-22,24,29-30H,5-6,10,13-17,19,23,25-26H2,1-2H3/t29-,30?/m1/s1. The molecule has 1 unspecified atom stereocenters. The van der Waals surface area contributed by atoms with Gasteiger partial charge in [-0.05, 0) is 54.5 Å². The maximum Gasteiger partial charge on any atom is 0.415 e. The van der Waals surface area contributed by atoms with Crippen molar-refractivity contribution in [3.63, 3.8) is 0 Å². The van der Waals surface area contributed by atoms with Crippen molar-refractivity contribution in [1.29, 1.82) is 0 Å². The Morgan fingerprint density at radius 2 is 1.69 bits per heavy atom. The van der Waals surface area contributed by atoms with Crippen LogP contribution in [0.3, 0.4) is 0 Å². The van der Waals surface area contributed by atoms with E-state index < -0.39 is 6.09 Å². The Labute approximate surface area is 320 Å². The summed E-state index contributed by atoms with van der Waals surface area (Å²) < 4.78 is 18.0. The summed E-state index contributed by atoms with van der Waals surface area (Å²) in [6.45, 7) is 4.13. The van der Waals surface area contributed by atoms with Crippen LogP contribution in [0.2, 0.25) is 0 Å². The zero-order valence-electron chi connectivity index (χ0n) is 30.6. The normalized spacial score (nSPS) is 19.6. The number of ether oxygens (including phenoxy) is 3. The topological polar surface area (TPSA) is 104 Å². The third-order valence-electron chi connectivity index (χ3n) is 11.0. The van der Waals surface area contributed by atoms with E-state index in [0.717, 1.165) is 72.0 Å². The van der Waals surface area contributed by atoms with E-state index in [4.69, 9.17) is 25.8 Å². The molecule has 8 rings (SSSR count). The van der Waals surface area contributed by atoms with Gasteiger partial charge < -0.3 is 33.8 Å². The number of piperazine rings is 1. The van der Waals surface area contributed by atoms with Gasteiger partial charge in [-0.3, -0.25) is 14.6 Å². The quantitative estimate of drug-likeness (QED) is 0.183. The molecule has 11 nitrogen and oxygen atoms in total. The third-order valence-corrected chi connectivity index (χ3v) is 11.4. The molecule has 2 atom stereocenters. The summed E-state index contributed by atoms with van der Waals surface area (Å²) in [6, 6.07) is 20.9. The second kappa shape index (κ2) is 15.3. The number of halogens is 1. The van der Waals surface area contributed by atoms with Crippen LogP contribution in [-0.2, 0) is 17.8 Å². The molecule has 0 bridgehead atoms. The summed E-state index contributed by atoms with van der Waals surface area (Å²) in [4.78, 5) is 53.1. The second-order valence-electron chi connectivity index (χ2n) is 14.5. The van der Waals surface area contributed by atoms with Gasteiger partial charge in [-0.1, -0.05) is 48.5 Å². The first kappa shape index (κ1) is 35.9. The largest absolute Gasteiger partial charge is 0.493 e. The molecule has 12 heteroatoms. The number of amides is 3. The van der Waals surface area contributed by atoms with Crippen molar-refractivity contribution in [3.8, 4) is 17.2 Å². The fraction of sp³-hybridized carbons (Fsp3) is 0.381.